The molecule has 232 valence electrons. The van der Waals surface area contributed by atoms with Crippen LogP contribution in [0.25, 0.3) is 17.2 Å². The van der Waals surface area contributed by atoms with Gasteiger partial charge in [0, 0.05) is 13.5 Å². The Balaban J connectivity index is 2.57. The normalized spacial score (nSPS) is 13.4. The first kappa shape index (κ1) is 35.4. The zero-order valence-electron chi connectivity index (χ0n) is 26.6. The smallest absolute Gasteiger partial charge is 0.308 e. The zero-order valence-corrected chi connectivity index (χ0v) is 28.4. The van der Waals surface area contributed by atoms with Crippen molar-refractivity contribution < 1.29 is 31.6 Å². The SMILES string of the molecule is CCOC(=O)C[C@@H](CC(=O)/C=C/c1c(-c2ccc(F)cc2)cc(N(C)S(C)(=O)=O)cc1C(C)C)O[Si](C)(C)C(C)(C)C. The van der Waals surface area contributed by atoms with E-state index in [0.29, 0.717) is 16.8 Å². The Hall–Kier alpha value is -2.82. The minimum atomic E-state index is -3.54. The number of esters is 1. The number of ether oxygens (including phenoxy) is 1. The van der Waals surface area contributed by atoms with Gasteiger partial charge in [-0.25, -0.2) is 12.8 Å². The van der Waals surface area contributed by atoms with E-state index in [1.54, 1.807) is 37.3 Å². The van der Waals surface area contributed by atoms with Gasteiger partial charge in [0.2, 0.25) is 10.0 Å². The summed E-state index contributed by atoms with van der Waals surface area (Å²) in [6, 6.07) is 9.46. The molecule has 2 rings (SSSR count). The van der Waals surface area contributed by atoms with Crippen LogP contribution in [0, 0.1) is 5.82 Å². The number of hydrogen-bond donors (Lipinski definition) is 0. The van der Waals surface area contributed by atoms with Crippen LogP contribution >= 0.6 is 0 Å². The molecule has 0 aliphatic carbocycles. The van der Waals surface area contributed by atoms with Crippen LogP contribution in [-0.2, 0) is 28.8 Å². The predicted molar refractivity (Wildman–Crippen MR) is 171 cm³/mol. The van der Waals surface area contributed by atoms with Crippen LogP contribution in [-0.4, -0.2) is 54.5 Å². The Bertz CT molecular complexity index is 1400. The van der Waals surface area contributed by atoms with Crippen molar-refractivity contribution in [1.29, 1.82) is 0 Å². The van der Waals surface area contributed by atoms with Gasteiger partial charge in [0.1, 0.15) is 5.82 Å². The monoisotopic (exact) mass is 619 g/mol. The molecule has 2 aromatic carbocycles. The first-order chi connectivity index (χ1) is 19.3. The lowest BCUT2D eigenvalue weighted by atomic mass is 9.88. The average molecular weight is 620 g/mol. The highest BCUT2D eigenvalue weighted by Crippen LogP contribution is 2.39. The largest absolute Gasteiger partial charge is 0.466 e. The molecule has 10 heteroatoms. The topological polar surface area (TPSA) is 90.0 Å². The number of nitrogens with zero attached hydrogens (tertiary/aromatic N) is 1. The van der Waals surface area contributed by atoms with E-state index in [4.69, 9.17) is 9.16 Å². The van der Waals surface area contributed by atoms with Crippen molar-refractivity contribution in [2.75, 3.05) is 24.2 Å². The summed E-state index contributed by atoms with van der Waals surface area (Å²) in [6.45, 7) is 16.4. The van der Waals surface area contributed by atoms with Gasteiger partial charge >= 0.3 is 5.97 Å². The lowest BCUT2D eigenvalue weighted by Crippen LogP contribution is -2.45. The molecule has 0 saturated heterocycles. The van der Waals surface area contributed by atoms with Crippen molar-refractivity contribution in [3.8, 4) is 11.1 Å². The van der Waals surface area contributed by atoms with Crippen molar-refractivity contribution in [3.05, 3.63) is 59.4 Å². The second-order valence-corrected chi connectivity index (χ2v) is 19.2. The van der Waals surface area contributed by atoms with Gasteiger partial charge < -0.3 is 9.16 Å². The number of anilines is 1. The molecular formula is C32H46FNO6SSi. The number of rotatable bonds is 13. The number of ketones is 1. The molecule has 42 heavy (non-hydrogen) atoms. The van der Waals surface area contributed by atoms with E-state index in [2.05, 4.69) is 33.9 Å². The fraction of sp³-hybridized carbons (Fsp3) is 0.500. The van der Waals surface area contributed by atoms with Gasteiger partial charge in [0.15, 0.2) is 14.1 Å². The Labute approximate surface area is 252 Å². The molecule has 2 aromatic rings. The first-order valence-electron chi connectivity index (χ1n) is 14.2. The molecule has 0 aromatic heterocycles. The summed E-state index contributed by atoms with van der Waals surface area (Å²) in [5.74, 6) is -1.05. The number of allylic oxidation sites excluding steroid dienone is 1. The molecule has 0 amide bonds. The molecule has 0 spiro atoms. The summed E-state index contributed by atoms with van der Waals surface area (Å²) in [7, 11) is -4.36. The van der Waals surface area contributed by atoms with Crippen LogP contribution in [0.3, 0.4) is 0 Å². The highest BCUT2D eigenvalue weighted by atomic mass is 32.2. The molecule has 7 nitrogen and oxygen atoms in total. The summed E-state index contributed by atoms with van der Waals surface area (Å²) >= 11 is 0. The van der Waals surface area contributed by atoms with Crippen molar-refractivity contribution >= 4 is 41.9 Å². The molecular weight excluding hydrogens is 574 g/mol. The van der Waals surface area contributed by atoms with Gasteiger partial charge in [-0.1, -0.05) is 52.8 Å². The Morgan fingerprint density at radius 1 is 1.07 bits per heavy atom. The molecule has 0 bridgehead atoms. The van der Waals surface area contributed by atoms with Crippen molar-refractivity contribution in [2.24, 2.45) is 0 Å². The van der Waals surface area contributed by atoms with Crippen LogP contribution in [0.2, 0.25) is 18.1 Å². The van der Waals surface area contributed by atoms with Gasteiger partial charge in [-0.15, -0.1) is 0 Å². The van der Waals surface area contributed by atoms with Crippen LogP contribution in [0.4, 0.5) is 10.1 Å². The highest BCUT2D eigenvalue weighted by Gasteiger charge is 2.40. The van der Waals surface area contributed by atoms with Gasteiger partial charge in [-0.2, -0.15) is 0 Å². The molecule has 0 N–H and O–H groups in total. The second-order valence-electron chi connectivity index (χ2n) is 12.4. The molecule has 0 radical (unpaired) electrons. The molecule has 1 atom stereocenters. The van der Waals surface area contributed by atoms with E-state index in [-0.39, 0.29) is 36.2 Å². The number of benzene rings is 2. The summed E-state index contributed by atoms with van der Waals surface area (Å²) in [4.78, 5) is 25.7. The number of carbonyl (C=O) groups excluding carboxylic acids is 2. The van der Waals surface area contributed by atoms with Crippen molar-refractivity contribution in [1.82, 2.24) is 0 Å². The Kier molecular flexibility index (Phi) is 11.9. The molecule has 0 aliphatic heterocycles. The number of halogens is 1. The standard InChI is InChI=1S/C32H46FNO6SSi/c1-11-39-31(36)21-27(40-42(9,10)32(4,5)6)20-26(35)16-17-28-29(22(2)3)18-25(34(7)41(8,37)38)19-30(28)23-12-14-24(33)15-13-23/h12-19,22,27H,11,20-21H2,1-10H3/b17-16+/t27-/m1/s1. The first-order valence-corrected chi connectivity index (χ1v) is 18.9. The van der Waals surface area contributed by atoms with E-state index in [1.807, 2.05) is 13.8 Å². The summed E-state index contributed by atoms with van der Waals surface area (Å²) in [5, 5.41) is -0.115. The lowest BCUT2D eigenvalue weighted by molar-refractivity contribution is -0.145. The maximum atomic E-state index is 13.8. The van der Waals surface area contributed by atoms with Gasteiger partial charge in [-0.05, 0) is 83.6 Å². The number of sulfonamides is 1. The van der Waals surface area contributed by atoms with Gasteiger partial charge in [0.25, 0.3) is 0 Å². The molecule has 0 unspecified atom stereocenters. The molecule has 0 heterocycles. The molecule has 0 saturated carbocycles. The van der Waals surface area contributed by atoms with E-state index in [9.17, 15) is 22.4 Å². The third-order valence-corrected chi connectivity index (χ3v) is 13.4. The summed E-state index contributed by atoms with van der Waals surface area (Å²) in [5.41, 5.74) is 3.35. The number of carbonyl (C=O) groups is 2. The highest BCUT2D eigenvalue weighted by molar-refractivity contribution is 7.92. The third kappa shape index (κ3) is 9.60. The van der Waals surface area contributed by atoms with Gasteiger partial charge in [0.05, 0.1) is 31.1 Å². The maximum Gasteiger partial charge on any atom is 0.308 e. The zero-order chi connectivity index (χ0) is 32.0. The Morgan fingerprint density at radius 3 is 2.17 bits per heavy atom. The van der Waals surface area contributed by atoms with Gasteiger partial charge in [-0.3, -0.25) is 13.9 Å². The minimum Gasteiger partial charge on any atom is -0.466 e. The molecule has 0 fully saturated rings. The number of hydrogen-bond acceptors (Lipinski definition) is 6. The summed E-state index contributed by atoms with van der Waals surface area (Å²) in [6.07, 6.45) is 3.67. The summed E-state index contributed by atoms with van der Waals surface area (Å²) < 4.78 is 51.3. The fourth-order valence-corrected chi connectivity index (χ4v) is 6.03. The van der Waals surface area contributed by atoms with Crippen molar-refractivity contribution in [2.45, 2.75) is 84.5 Å². The van der Waals surface area contributed by atoms with E-state index in [1.165, 1.54) is 29.6 Å². The van der Waals surface area contributed by atoms with Crippen LogP contribution in [0.5, 0.6) is 0 Å². The van der Waals surface area contributed by atoms with E-state index in [0.717, 1.165) is 17.4 Å². The Morgan fingerprint density at radius 2 is 1.67 bits per heavy atom. The van der Waals surface area contributed by atoms with E-state index < -0.39 is 36.2 Å². The minimum absolute atomic E-state index is 0.000380. The second kappa shape index (κ2) is 14.1. The van der Waals surface area contributed by atoms with Crippen LogP contribution in [0.15, 0.2) is 42.5 Å². The lowest BCUT2D eigenvalue weighted by Gasteiger charge is -2.39. The molecule has 0 aliphatic rings. The van der Waals surface area contributed by atoms with E-state index >= 15 is 0 Å². The quantitative estimate of drug-likeness (QED) is 0.133. The van der Waals surface area contributed by atoms with Crippen LogP contribution in [0.1, 0.15) is 71.4 Å². The van der Waals surface area contributed by atoms with Crippen LogP contribution < -0.4 is 4.31 Å². The average Bonchev–Trinajstić information content (AvgIpc) is 2.85. The third-order valence-electron chi connectivity index (χ3n) is 7.67. The van der Waals surface area contributed by atoms with Crippen molar-refractivity contribution in [3.63, 3.8) is 0 Å². The predicted octanol–water partition coefficient (Wildman–Crippen LogP) is 7.33. The maximum absolute atomic E-state index is 13.8. The fourth-order valence-electron chi connectivity index (χ4n) is 4.19.